The summed E-state index contributed by atoms with van der Waals surface area (Å²) in [5.74, 6) is 1.49. The number of pyridine rings is 1. The van der Waals surface area contributed by atoms with Crippen LogP contribution >= 0.6 is 0 Å². The van der Waals surface area contributed by atoms with E-state index in [0.29, 0.717) is 5.69 Å². The van der Waals surface area contributed by atoms with Gasteiger partial charge >= 0.3 is 0 Å². The number of aromatic nitrogens is 5. The van der Waals surface area contributed by atoms with Crippen molar-refractivity contribution in [1.82, 2.24) is 24.5 Å². The van der Waals surface area contributed by atoms with Gasteiger partial charge in [-0.25, -0.2) is 19.9 Å². The Balaban J connectivity index is 1.22. The number of para-hydroxylation sites is 2. The van der Waals surface area contributed by atoms with Gasteiger partial charge in [0.25, 0.3) is 0 Å². The lowest BCUT2D eigenvalue weighted by atomic mass is 9.96. The lowest BCUT2D eigenvalue weighted by molar-refractivity contribution is -0.120. The second-order valence-electron chi connectivity index (χ2n) is 7.31. The summed E-state index contributed by atoms with van der Waals surface area (Å²) in [7, 11) is 0. The molecule has 3 aromatic heterocycles. The van der Waals surface area contributed by atoms with Crippen LogP contribution in [0.25, 0.3) is 16.9 Å². The van der Waals surface area contributed by atoms with Crippen LogP contribution in [0.3, 0.4) is 0 Å². The molecule has 1 N–H and O–H groups in total. The van der Waals surface area contributed by atoms with Crippen LogP contribution in [0.4, 0.5) is 11.6 Å². The molecule has 4 heterocycles. The maximum atomic E-state index is 12.7. The largest absolute Gasteiger partial charge is 0.341 e. The molecule has 0 radical (unpaired) electrons. The zero-order chi connectivity index (χ0) is 20.3. The molecule has 1 fully saturated rings. The maximum Gasteiger partial charge on any atom is 0.227 e. The molecule has 0 unspecified atom stereocenters. The van der Waals surface area contributed by atoms with Crippen molar-refractivity contribution in [2.45, 2.75) is 12.8 Å². The summed E-state index contributed by atoms with van der Waals surface area (Å²) >= 11 is 0. The second-order valence-corrected chi connectivity index (χ2v) is 7.31. The number of piperidine rings is 1. The Bertz CT molecular complexity index is 1150. The van der Waals surface area contributed by atoms with Crippen molar-refractivity contribution >= 4 is 28.6 Å². The monoisotopic (exact) mass is 399 g/mol. The molecule has 1 saturated heterocycles. The average molecular weight is 399 g/mol. The van der Waals surface area contributed by atoms with Crippen molar-refractivity contribution < 1.29 is 4.79 Å². The summed E-state index contributed by atoms with van der Waals surface area (Å²) in [6, 6.07) is 13.5. The number of fused-ring (bicyclic) bond motifs is 1. The SMILES string of the molecule is O=C(Nc1ccc(-n2cnc3ccccc32)nc1)C1CCN(c2ncccn2)CC1. The highest BCUT2D eigenvalue weighted by atomic mass is 16.1. The minimum atomic E-state index is -0.0257. The lowest BCUT2D eigenvalue weighted by Gasteiger charge is -2.31. The van der Waals surface area contributed by atoms with E-state index in [2.05, 4.69) is 30.2 Å². The summed E-state index contributed by atoms with van der Waals surface area (Å²) < 4.78 is 1.93. The first-order valence-electron chi connectivity index (χ1n) is 9.99. The highest BCUT2D eigenvalue weighted by molar-refractivity contribution is 5.92. The summed E-state index contributed by atoms with van der Waals surface area (Å²) in [5, 5.41) is 3.00. The standard InChI is InChI=1S/C22H21N7O/c30-21(16-8-12-28(13-9-16)22-23-10-3-11-24-22)27-17-6-7-20(25-14-17)29-15-26-18-4-1-2-5-19(18)29/h1-7,10-11,14-16H,8-9,12-13H2,(H,27,30). The Kier molecular flexibility index (Phi) is 4.80. The Labute approximate surface area is 173 Å². The van der Waals surface area contributed by atoms with Crippen LogP contribution in [0, 0.1) is 5.92 Å². The number of nitrogens with zero attached hydrogens (tertiary/aromatic N) is 6. The third-order valence-corrected chi connectivity index (χ3v) is 5.42. The van der Waals surface area contributed by atoms with Crippen LogP contribution in [0.1, 0.15) is 12.8 Å². The highest BCUT2D eigenvalue weighted by Gasteiger charge is 2.26. The van der Waals surface area contributed by atoms with E-state index in [1.807, 2.05) is 41.0 Å². The van der Waals surface area contributed by atoms with Crippen LogP contribution in [0.5, 0.6) is 0 Å². The maximum absolute atomic E-state index is 12.7. The normalized spacial score (nSPS) is 14.7. The van der Waals surface area contributed by atoms with Crippen molar-refractivity contribution in [2.75, 3.05) is 23.3 Å². The van der Waals surface area contributed by atoms with Gasteiger partial charge in [-0.2, -0.15) is 0 Å². The van der Waals surface area contributed by atoms with Gasteiger partial charge in [-0.1, -0.05) is 12.1 Å². The molecule has 1 amide bonds. The molecule has 150 valence electrons. The van der Waals surface area contributed by atoms with Crippen molar-refractivity contribution in [1.29, 1.82) is 0 Å². The van der Waals surface area contributed by atoms with E-state index in [1.165, 1.54) is 0 Å². The van der Waals surface area contributed by atoms with E-state index >= 15 is 0 Å². The van der Waals surface area contributed by atoms with Gasteiger partial charge in [-0.3, -0.25) is 9.36 Å². The molecular weight excluding hydrogens is 378 g/mol. The molecule has 8 heteroatoms. The fourth-order valence-electron chi connectivity index (χ4n) is 3.78. The Morgan fingerprint density at radius 2 is 1.73 bits per heavy atom. The summed E-state index contributed by atoms with van der Waals surface area (Å²) in [6.45, 7) is 1.54. The molecule has 0 spiro atoms. The van der Waals surface area contributed by atoms with E-state index in [0.717, 1.165) is 48.7 Å². The van der Waals surface area contributed by atoms with Gasteiger partial charge in [-0.15, -0.1) is 0 Å². The van der Waals surface area contributed by atoms with E-state index in [4.69, 9.17) is 0 Å². The molecule has 0 aliphatic carbocycles. The van der Waals surface area contributed by atoms with Crippen molar-refractivity contribution in [3.05, 3.63) is 67.4 Å². The van der Waals surface area contributed by atoms with E-state index in [-0.39, 0.29) is 11.8 Å². The number of anilines is 2. The summed E-state index contributed by atoms with van der Waals surface area (Å²) in [5.41, 5.74) is 2.61. The van der Waals surface area contributed by atoms with Gasteiger partial charge < -0.3 is 10.2 Å². The predicted molar refractivity (Wildman–Crippen MR) is 114 cm³/mol. The molecule has 8 nitrogen and oxygen atoms in total. The number of benzene rings is 1. The smallest absolute Gasteiger partial charge is 0.227 e. The zero-order valence-corrected chi connectivity index (χ0v) is 16.3. The fraction of sp³-hybridized carbons (Fsp3) is 0.227. The van der Waals surface area contributed by atoms with Crippen LogP contribution < -0.4 is 10.2 Å². The molecule has 30 heavy (non-hydrogen) atoms. The van der Waals surface area contributed by atoms with Crippen LogP contribution in [-0.2, 0) is 4.79 Å². The number of imidazole rings is 1. The minimum Gasteiger partial charge on any atom is -0.341 e. The fourth-order valence-corrected chi connectivity index (χ4v) is 3.78. The first kappa shape index (κ1) is 18.2. The van der Waals surface area contributed by atoms with E-state index < -0.39 is 0 Å². The zero-order valence-electron chi connectivity index (χ0n) is 16.3. The minimum absolute atomic E-state index is 0.0257. The van der Waals surface area contributed by atoms with Crippen molar-refractivity contribution in [3.8, 4) is 5.82 Å². The number of carbonyl (C=O) groups excluding carboxylic acids is 1. The van der Waals surface area contributed by atoms with Gasteiger partial charge in [0.05, 0.1) is 22.9 Å². The molecule has 1 aromatic carbocycles. The van der Waals surface area contributed by atoms with Gasteiger partial charge in [-0.05, 0) is 43.2 Å². The van der Waals surface area contributed by atoms with Gasteiger partial charge in [0.15, 0.2) is 0 Å². The van der Waals surface area contributed by atoms with E-state index in [1.54, 1.807) is 31.0 Å². The summed E-state index contributed by atoms with van der Waals surface area (Å²) in [6.07, 6.45) is 8.48. The second kappa shape index (κ2) is 7.90. The molecule has 1 aliphatic heterocycles. The van der Waals surface area contributed by atoms with Crippen molar-refractivity contribution in [3.63, 3.8) is 0 Å². The number of amides is 1. The van der Waals surface area contributed by atoms with Gasteiger partial charge in [0.1, 0.15) is 12.1 Å². The molecular formula is C22H21N7O. The van der Waals surface area contributed by atoms with Gasteiger partial charge in [0.2, 0.25) is 11.9 Å². The lowest BCUT2D eigenvalue weighted by Crippen LogP contribution is -2.39. The quantitative estimate of drug-likeness (QED) is 0.567. The first-order chi connectivity index (χ1) is 14.8. The molecule has 5 rings (SSSR count). The Morgan fingerprint density at radius 1 is 0.933 bits per heavy atom. The molecule has 0 atom stereocenters. The highest BCUT2D eigenvalue weighted by Crippen LogP contribution is 2.22. The Morgan fingerprint density at radius 3 is 2.50 bits per heavy atom. The number of hydrogen-bond acceptors (Lipinski definition) is 6. The number of carbonyl (C=O) groups is 1. The number of hydrogen-bond donors (Lipinski definition) is 1. The van der Waals surface area contributed by atoms with E-state index in [9.17, 15) is 4.79 Å². The number of rotatable bonds is 4. The third kappa shape index (κ3) is 3.59. The van der Waals surface area contributed by atoms with Crippen molar-refractivity contribution in [2.24, 2.45) is 5.92 Å². The average Bonchev–Trinajstić information content (AvgIpc) is 3.24. The summed E-state index contributed by atoms with van der Waals surface area (Å²) in [4.78, 5) is 32.3. The van der Waals surface area contributed by atoms with Crippen LogP contribution in [-0.4, -0.2) is 43.5 Å². The topological polar surface area (TPSA) is 88.8 Å². The third-order valence-electron chi connectivity index (χ3n) is 5.42. The molecule has 4 aromatic rings. The predicted octanol–water partition coefficient (Wildman–Crippen LogP) is 3.07. The Hall–Kier alpha value is -3.81. The first-order valence-corrected chi connectivity index (χ1v) is 9.99. The number of nitrogens with one attached hydrogen (secondary N) is 1. The van der Waals surface area contributed by atoms with Gasteiger partial charge in [0, 0.05) is 31.4 Å². The molecule has 1 aliphatic rings. The molecule has 0 bridgehead atoms. The van der Waals surface area contributed by atoms with Crippen LogP contribution in [0.15, 0.2) is 67.4 Å². The molecule has 0 saturated carbocycles. The van der Waals surface area contributed by atoms with Crippen LogP contribution in [0.2, 0.25) is 0 Å².